The van der Waals surface area contributed by atoms with Crippen LogP contribution in [-0.4, -0.2) is 48.6 Å². The van der Waals surface area contributed by atoms with Crippen LogP contribution in [-0.2, 0) is 9.59 Å². The van der Waals surface area contributed by atoms with Gasteiger partial charge in [0.1, 0.15) is 6.26 Å². The van der Waals surface area contributed by atoms with Crippen molar-refractivity contribution < 1.29 is 24.2 Å². The third kappa shape index (κ3) is 4.76. The number of aromatic nitrogens is 3. The molecule has 0 aromatic carbocycles. The lowest BCUT2D eigenvalue weighted by molar-refractivity contribution is -0.134. The number of hydrogen-bond donors (Lipinski definition) is 2. The molecule has 2 N–H and O–H groups in total. The highest BCUT2D eigenvalue weighted by molar-refractivity contribution is 8.00. The molecular weight excluding hydrogens is 318 g/mol. The van der Waals surface area contributed by atoms with Gasteiger partial charge in [-0.1, -0.05) is 23.5 Å². The third-order valence-electron chi connectivity index (χ3n) is 2.02. The van der Waals surface area contributed by atoms with Crippen LogP contribution in [0.2, 0.25) is 0 Å². The maximum Gasteiger partial charge on any atom is 0.313 e. The quantitative estimate of drug-likeness (QED) is 0.722. The highest BCUT2D eigenvalue weighted by atomic mass is 32.2. The van der Waals surface area contributed by atoms with E-state index >= 15 is 0 Å². The van der Waals surface area contributed by atoms with E-state index in [9.17, 15) is 9.59 Å². The average molecular weight is 327 g/mol. The molecule has 0 atom stereocenters. The summed E-state index contributed by atoms with van der Waals surface area (Å²) in [6, 6.07) is 1.65. The number of carboxylic acid groups (broad SMARTS) is 2. The van der Waals surface area contributed by atoms with E-state index in [0.717, 1.165) is 23.5 Å². The number of aliphatic carboxylic acids is 2. The monoisotopic (exact) mass is 327 g/mol. The second kappa shape index (κ2) is 7.09. The molecular formula is C11H9N3O5S2. The van der Waals surface area contributed by atoms with Crippen molar-refractivity contribution in [3.63, 3.8) is 0 Å². The fourth-order valence-corrected chi connectivity index (χ4v) is 2.41. The Labute approximate surface area is 127 Å². The number of rotatable bonds is 7. The summed E-state index contributed by atoms with van der Waals surface area (Å²) in [5.41, 5.74) is 0.603. The van der Waals surface area contributed by atoms with Crippen molar-refractivity contribution in [3.8, 4) is 11.4 Å². The zero-order valence-electron chi connectivity index (χ0n) is 10.4. The molecule has 0 unspecified atom stereocenters. The van der Waals surface area contributed by atoms with Gasteiger partial charge in [0.05, 0.1) is 23.3 Å². The first-order valence-electron chi connectivity index (χ1n) is 5.52. The molecule has 0 saturated carbocycles. The molecule has 0 aliphatic heterocycles. The van der Waals surface area contributed by atoms with Gasteiger partial charge in [-0.2, -0.15) is 4.98 Å². The van der Waals surface area contributed by atoms with Crippen LogP contribution >= 0.6 is 23.5 Å². The molecule has 110 valence electrons. The van der Waals surface area contributed by atoms with Crippen LogP contribution in [0.15, 0.2) is 33.3 Å². The van der Waals surface area contributed by atoms with E-state index < -0.39 is 11.9 Å². The highest BCUT2D eigenvalue weighted by Crippen LogP contribution is 2.23. The first-order valence-corrected chi connectivity index (χ1v) is 7.49. The second-order valence-corrected chi connectivity index (χ2v) is 5.49. The number of carbonyl (C=O) groups is 2. The largest absolute Gasteiger partial charge is 0.481 e. The van der Waals surface area contributed by atoms with Gasteiger partial charge in [0.2, 0.25) is 0 Å². The smallest absolute Gasteiger partial charge is 0.313 e. The summed E-state index contributed by atoms with van der Waals surface area (Å²) < 4.78 is 4.94. The molecule has 2 aromatic rings. The minimum absolute atomic E-state index is 0.197. The van der Waals surface area contributed by atoms with Crippen LogP contribution < -0.4 is 0 Å². The van der Waals surface area contributed by atoms with Crippen molar-refractivity contribution in [2.45, 2.75) is 10.3 Å². The topological polar surface area (TPSA) is 126 Å². The van der Waals surface area contributed by atoms with Crippen LogP contribution in [0.1, 0.15) is 0 Å². The molecule has 0 aliphatic carbocycles. The van der Waals surface area contributed by atoms with Gasteiger partial charge < -0.3 is 14.6 Å². The highest BCUT2D eigenvalue weighted by Gasteiger charge is 2.12. The molecule has 0 spiro atoms. The van der Waals surface area contributed by atoms with Gasteiger partial charge in [0.15, 0.2) is 16.1 Å². The standard InChI is InChI=1S/C11H9N3O5S2/c15-7(16)4-20-10-12-9(6-1-2-19-3-6)13-11(14-10)21-5-8(17)18/h1-3H,4-5H2,(H,15,16)(H,17,18). The lowest BCUT2D eigenvalue weighted by atomic mass is 10.3. The summed E-state index contributed by atoms with van der Waals surface area (Å²) in [4.78, 5) is 33.5. The normalized spacial score (nSPS) is 10.5. The third-order valence-corrected chi connectivity index (χ3v) is 3.69. The van der Waals surface area contributed by atoms with Crippen LogP contribution in [0.3, 0.4) is 0 Å². The van der Waals surface area contributed by atoms with Gasteiger partial charge in [0, 0.05) is 0 Å². The van der Waals surface area contributed by atoms with Crippen molar-refractivity contribution in [1.29, 1.82) is 0 Å². The van der Waals surface area contributed by atoms with Crippen molar-refractivity contribution >= 4 is 35.5 Å². The molecule has 10 heteroatoms. The van der Waals surface area contributed by atoms with Crippen molar-refractivity contribution in [1.82, 2.24) is 15.0 Å². The van der Waals surface area contributed by atoms with E-state index in [0.29, 0.717) is 11.4 Å². The molecule has 0 radical (unpaired) electrons. The molecule has 0 fully saturated rings. The molecule has 2 heterocycles. The first kappa shape index (κ1) is 15.3. The molecule has 21 heavy (non-hydrogen) atoms. The molecule has 8 nitrogen and oxygen atoms in total. The molecule has 0 bridgehead atoms. The summed E-state index contributed by atoms with van der Waals surface area (Å²) >= 11 is 1.87. The number of thioether (sulfide) groups is 2. The lowest BCUT2D eigenvalue weighted by Crippen LogP contribution is -2.04. The van der Waals surface area contributed by atoms with Crippen LogP contribution in [0, 0.1) is 0 Å². The molecule has 0 saturated heterocycles. The fraction of sp³-hybridized carbons (Fsp3) is 0.182. The molecule has 2 rings (SSSR count). The van der Waals surface area contributed by atoms with E-state index in [2.05, 4.69) is 15.0 Å². The fourth-order valence-electron chi connectivity index (χ4n) is 1.24. The second-order valence-electron chi connectivity index (χ2n) is 3.60. The number of furan rings is 1. The van der Waals surface area contributed by atoms with Crippen LogP contribution in [0.5, 0.6) is 0 Å². The molecule has 0 aliphatic rings. The Balaban J connectivity index is 2.26. The molecule has 2 aromatic heterocycles. The Morgan fingerprint density at radius 2 is 1.62 bits per heavy atom. The van der Waals surface area contributed by atoms with Gasteiger partial charge in [-0.25, -0.2) is 9.97 Å². The van der Waals surface area contributed by atoms with E-state index in [4.69, 9.17) is 14.6 Å². The predicted octanol–water partition coefficient (Wildman–Crippen LogP) is 1.48. The van der Waals surface area contributed by atoms with Gasteiger partial charge in [-0.15, -0.1) is 0 Å². The van der Waals surface area contributed by atoms with Crippen molar-refractivity contribution in [2.75, 3.05) is 11.5 Å². The zero-order chi connectivity index (χ0) is 15.2. The maximum absolute atomic E-state index is 10.6. The molecule has 0 amide bonds. The number of hydrogen-bond acceptors (Lipinski definition) is 8. The Hall–Kier alpha value is -2.07. The van der Waals surface area contributed by atoms with Crippen molar-refractivity contribution in [3.05, 3.63) is 18.6 Å². The Kier molecular flexibility index (Phi) is 5.17. The van der Waals surface area contributed by atoms with Crippen molar-refractivity contribution in [2.24, 2.45) is 0 Å². The van der Waals surface area contributed by atoms with Crippen LogP contribution in [0.4, 0.5) is 0 Å². The summed E-state index contributed by atoms with van der Waals surface area (Å²) in [5.74, 6) is -2.08. The Morgan fingerprint density at radius 1 is 1.05 bits per heavy atom. The van der Waals surface area contributed by atoms with E-state index in [1.54, 1.807) is 6.07 Å². The summed E-state index contributed by atoms with van der Waals surface area (Å²) in [6.07, 6.45) is 2.89. The summed E-state index contributed by atoms with van der Waals surface area (Å²) in [5, 5.41) is 17.8. The van der Waals surface area contributed by atoms with Gasteiger partial charge in [0.25, 0.3) is 0 Å². The SMILES string of the molecule is O=C(O)CSc1nc(SCC(=O)O)nc(-c2ccoc2)n1. The number of carboxylic acids is 2. The average Bonchev–Trinajstić information content (AvgIpc) is 2.97. The van der Waals surface area contributed by atoms with Gasteiger partial charge in [-0.05, 0) is 6.07 Å². The Bertz CT molecular complexity index is 611. The minimum Gasteiger partial charge on any atom is -0.481 e. The number of nitrogens with zero attached hydrogens (tertiary/aromatic N) is 3. The van der Waals surface area contributed by atoms with E-state index in [1.165, 1.54) is 12.5 Å². The maximum atomic E-state index is 10.6. The predicted molar refractivity (Wildman–Crippen MR) is 74.2 cm³/mol. The summed E-state index contributed by atoms with van der Waals surface area (Å²) in [6.45, 7) is 0. The minimum atomic E-state index is -0.995. The zero-order valence-corrected chi connectivity index (χ0v) is 12.1. The van der Waals surface area contributed by atoms with Crippen LogP contribution in [0.25, 0.3) is 11.4 Å². The van der Waals surface area contributed by atoms with E-state index in [-0.39, 0.29) is 21.8 Å². The Morgan fingerprint density at radius 3 is 2.05 bits per heavy atom. The first-order chi connectivity index (χ1) is 10.0. The summed E-state index contributed by atoms with van der Waals surface area (Å²) in [7, 11) is 0. The van der Waals surface area contributed by atoms with Gasteiger partial charge in [-0.3, -0.25) is 9.59 Å². The van der Waals surface area contributed by atoms with Gasteiger partial charge >= 0.3 is 11.9 Å². The lowest BCUT2D eigenvalue weighted by Gasteiger charge is -2.04. The van der Waals surface area contributed by atoms with E-state index in [1.807, 2.05) is 0 Å².